The van der Waals surface area contributed by atoms with Gasteiger partial charge in [-0.05, 0) is 24.3 Å². The number of anilines is 1. The molecule has 0 unspecified atom stereocenters. The second-order valence-electron chi connectivity index (χ2n) is 3.91. The molecule has 1 aromatic heterocycles. The molecular weight excluding hydrogens is 264 g/mol. The number of carboxylic acid groups (broad SMARTS) is 1. The van der Waals surface area contributed by atoms with Gasteiger partial charge in [0.15, 0.2) is 0 Å². The first kappa shape index (κ1) is 13.8. The Morgan fingerprint density at radius 1 is 1.20 bits per heavy atom. The van der Waals surface area contributed by atoms with Gasteiger partial charge in [0.2, 0.25) is 5.76 Å². The second kappa shape index (κ2) is 5.98. The molecule has 7 nitrogen and oxygen atoms in total. The minimum atomic E-state index is -1.05. The molecule has 104 valence electrons. The Hall–Kier alpha value is -2.67. The van der Waals surface area contributed by atoms with Crippen LogP contribution in [-0.4, -0.2) is 40.4 Å². The molecule has 0 saturated carbocycles. The number of aromatic nitrogens is 1. The molecule has 0 bridgehead atoms. The highest BCUT2D eigenvalue weighted by Gasteiger charge is 2.20. The SMILES string of the molecule is O=C(O)c1ccc(N(CCO)C(=O)c2ccno2)cc1. The van der Waals surface area contributed by atoms with Crippen LogP contribution in [0.4, 0.5) is 5.69 Å². The second-order valence-corrected chi connectivity index (χ2v) is 3.91. The predicted molar refractivity (Wildman–Crippen MR) is 68.7 cm³/mol. The number of carbonyl (C=O) groups excluding carboxylic acids is 1. The van der Waals surface area contributed by atoms with E-state index in [0.717, 1.165) is 0 Å². The molecule has 2 rings (SSSR count). The van der Waals surface area contributed by atoms with Gasteiger partial charge >= 0.3 is 5.97 Å². The molecular formula is C13H12N2O5. The molecule has 1 heterocycles. The fourth-order valence-electron chi connectivity index (χ4n) is 1.69. The Labute approximate surface area is 114 Å². The highest BCUT2D eigenvalue weighted by atomic mass is 16.5. The zero-order valence-electron chi connectivity index (χ0n) is 10.4. The molecule has 0 radical (unpaired) electrons. The maximum absolute atomic E-state index is 12.2. The number of aliphatic hydroxyl groups excluding tert-OH is 1. The fourth-order valence-corrected chi connectivity index (χ4v) is 1.69. The summed E-state index contributed by atoms with van der Waals surface area (Å²) in [6, 6.07) is 7.17. The third kappa shape index (κ3) is 2.83. The van der Waals surface area contributed by atoms with Crippen LogP contribution in [-0.2, 0) is 0 Å². The number of aliphatic hydroxyl groups is 1. The van der Waals surface area contributed by atoms with Crippen LogP contribution < -0.4 is 4.90 Å². The van der Waals surface area contributed by atoms with Gasteiger partial charge in [0.05, 0.1) is 18.4 Å². The molecule has 0 fully saturated rings. The molecule has 20 heavy (non-hydrogen) atoms. The smallest absolute Gasteiger partial charge is 0.335 e. The van der Waals surface area contributed by atoms with E-state index in [1.165, 1.54) is 41.4 Å². The Bertz CT molecular complexity index is 592. The minimum Gasteiger partial charge on any atom is -0.478 e. The summed E-state index contributed by atoms with van der Waals surface area (Å²) >= 11 is 0. The summed E-state index contributed by atoms with van der Waals surface area (Å²) in [7, 11) is 0. The number of aromatic carboxylic acids is 1. The summed E-state index contributed by atoms with van der Waals surface area (Å²) in [5, 5.41) is 21.3. The average Bonchev–Trinajstić information content (AvgIpc) is 2.98. The first-order valence-corrected chi connectivity index (χ1v) is 5.80. The van der Waals surface area contributed by atoms with Gasteiger partial charge in [0.1, 0.15) is 0 Å². The number of carboxylic acids is 1. The van der Waals surface area contributed by atoms with Crippen molar-refractivity contribution in [2.24, 2.45) is 0 Å². The Morgan fingerprint density at radius 3 is 2.40 bits per heavy atom. The normalized spacial score (nSPS) is 10.2. The van der Waals surface area contributed by atoms with Crippen molar-refractivity contribution in [3.63, 3.8) is 0 Å². The first-order valence-electron chi connectivity index (χ1n) is 5.80. The van der Waals surface area contributed by atoms with E-state index in [1.54, 1.807) is 0 Å². The van der Waals surface area contributed by atoms with Crippen molar-refractivity contribution in [2.75, 3.05) is 18.1 Å². The van der Waals surface area contributed by atoms with Crippen LogP contribution in [0.1, 0.15) is 20.9 Å². The van der Waals surface area contributed by atoms with E-state index in [-0.39, 0.29) is 24.5 Å². The predicted octanol–water partition coefficient (Wildman–Crippen LogP) is 1.01. The Balaban J connectivity index is 2.28. The molecule has 0 spiro atoms. The third-order valence-electron chi connectivity index (χ3n) is 2.64. The van der Waals surface area contributed by atoms with Crippen LogP contribution >= 0.6 is 0 Å². The summed E-state index contributed by atoms with van der Waals surface area (Å²) in [6.45, 7) is -0.174. The van der Waals surface area contributed by atoms with Crippen molar-refractivity contribution in [2.45, 2.75) is 0 Å². The number of hydrogen-bond donors (Lipinski definition) is 2. The molecule has 2 aromatic rings. The van der Waals surface area contributed by atoms with Crippen LogP contribution in [0.2, 0.25) is 0 Å². The van der Waals surface area contributed by atoms with E-state index in [1.807, 2.05) is 0 Å². The number of benzene rings is 1. The lowest BCUT2D eigenvalue weighted by molar-refractivity contribution is 0.0696. The number of hydrogen-bond acceptors (Lipinski definition) is 5. The molecule has 0 aliphatic heterocycles. The van der Waals surface area contributed by atoms with Crippen molar-refractivity contribution in [3.8, 4) is 0 Å². The van der Waals surface area contributed by atoms with Gasteiger partial charge in [-0.15, -0.1) is 0 Å². The minimum absolute atomic E-state index is 0.0424. The standard InChI is InChI=1S/C13H12N2O5/c16-8-7-15(12(17)11-5-6-14-20-11)10-3-1-9(2-4-10)13(18)19/h1-6,16H,7-8H2,(H,18,19). The number of carbonyl (C=O) groups is 2. The monoisotopic (exact) mass is 276 g/mol. The lowest BCUT2D eigenvalue weighted by Crippen LogP contribution is -2.33. The summed E-state index contributed by atoms with van der Waals surface area (Å²) in [4.78, 5) is 24.2. The molecule has 0 aliphatic rings. The summed E-state index contributed by atoms with van der Waals surface area (Å²) in [5.74, 6) is -1.47. The molecule has 0 saturated heterocycles. The van der Waals surface area contributed by atoms with Gasteiger partial charge < -0.3 is 19.6 Å². The van der Waals surface area contributed by atoms with Gasteiger partial charge in [-0.1, -0.05) is 5.16 Å². The fraction of sp³-hybridized carbons (Fsp3) is 0.154. The van der Waals surface area contributed by atoms with Crippen molar-refractivity contribution in [3.05, 3.63) is 47.9 Å². The van der Waals surface area contributed by atoms with Gasteiger partial charge in [-0.3, -0.25) is 4.79 Å². The zero-order chi connectivity index (χ0) is 14.5. The quantitative estimate of drug-likeness (QED) is 0.844. The van der Waals surface area contributed by atoms with E-state index < -0.39 is 11.9 Å². The van der Waals surface area contributed by atoms with Crippen molar-refractivity contribution < 1.29 is 24.3 Å². The molecule has 2 N–H and O–H groups in total. The van der Waals surface area contributed by atoms with Crippen LogP contribution in [0, 0.1) is 0 Å². The van der Waals surface area contributed by atoms with E-state index in [4.69, 9.17) is 14.7 Å². The van der Waals surface area contributed by atoms with Gasteiger partial charge in [-0.25, -0.2) is 4.79 Å². The van der Waals surface area contributed by atoms with Crippen LogP contribution in [0.15, 0.2) is 41.1 Å². The summed E-state index contributed by atoms with van der Waals surface area (Å²) in [5.41, 5.74) is 0.579. The number of nitrogens with zero attached hydrogens (tertiary/aromatic N) is 2. The van der Waals surface area contributed by atoms with Gasteiger partial charge in [0, 0.05) is 18.3 Å². The van der Waals surface area contributed by atoms with Crippen molar-refractivity contribution in [1.29, 1.82) is 0 Å². The number of rotatable bonds is 5. The maximum atomic E-state index is 12.2. The average molecular weight is 276 g/mol. The molecule has 1 aromatic carbocycles. The summed E-state index contributed by atoms with van der Waals surface area (Å²) in [6.07, 6.45) is 1.35. The Morgan fingerprint density at radius 2 is 1.90 bits per heavy atom. The largest absolute Gasteiger partial charge is 0.478 e. The summed E-state index contributed by atoms with van der Waals surface area (Å²) < 4.78 is 4.79. The third-order valence-corrected chi connectivity index (χ3v) is 2.64. The van der Waals surface area contributed by atoms with E-state index in [2.05, 4.69) is 5.16 Å². The maximum Gasteiger partial charge on any atom is 0.335 e. The van der Waals surface area contributed by atoms with Gasteiger partial charge in [0.25, 0.3) is 5.91 Å². The topological polar surface area (TPSA) is 104 Å². The molecule has 1 amide bonds. The molecule has 7 heteroatoms. The van der Waals surface area contributed by atoms with E-state index in [9.17, 15) is 9.59 Å². The Kier molecular flexibility index (Phi) is 4.11. The van der Waals surface area contributed by atoms with Crippen LogP contribution in [0.3, 0.4) is 0 Å². The highest BCUT2D eigenvalue weighted by Crippen LogP contribution is 2.18. The van der Waals surface area contributed by atoms with Crippen LogP contribution in [0.25, 0.3) is 0 Å². The molecule has 0 atom stereocenters. The van der Waals surface area contributed by atoms with Crippen LogP contribution in [0.5, 0.6) is 0 Å². The van der Waals surface area contributed by atoms with Gasteiger partial charge in [-0.2, -0.15) is 0 Å². The van der Waals surface area contributed by atoms with Crippen molar-refractivity contribution in [1.82, 2.24) is 5.16 Å². The zero-order valence-corrected chi connectivity index (χ0v) is 10.4. The lowest BCUT2D eigenvalue weighted by Gasteiger charge is -2.20. The highest BCUT2D eigenvalue weighted by molar-refractivity contribution is 6.04. The lowest BCUT2D eigenvalue weighted by atomic mass is 10.2. The van der Waals surface area contributed by atoms with E-state index in [0.29, 0.717) is 5.69 Å². The van der Waals surface area contributed by atoms with Crippen molar-refractivity contribution >= 4 is 17.6 Å². The first-order chi connectivity index (χ1) is 9.63. The number of amides is 1. The van der Waals surface area contributed by atoms with E-state index >= 15 is 0 Å². The molecule has 0 aliphatic carbocycles.